The topological polar surface area (TPSA) is 68.3 Å². The van der Waals surface area contributed by atoms with Gasteiger partial charge in [0.2, 0.25) is 0 Å². The summed E-state index contributed by atoms with van der Waals surface area (Å²) in [5, 5.41) is 0. The van der Waals surface area contributed by atoms with E-state index in [1.54, 1.807) is 0 Å². The van der Waals surface area contributed by atoms with E-state index in [2.05, 4.69) is 35.5 Å². The van der Waals surface area contributed by atoms with E-state index < -0.39 is 11.8 Å². The van der Waals surface area contributed by atoms with Crippen LogP contribution in [0.5, 0.6) is 0 Å². The van der Waals surface area contributed by atoms with Crippen LogP contribution in [0.2, 0.25) is 0 Å². The number of carbonyl (C=O) groups is 4. The van der Waals surface area contributed by atoms with Crippen molar-refractivity contribution in [1.82, 2.24) is 0 Å². The average Bonchev–Trinajstić information content (AvgIpc) is 2.30. The lowest BCUT2D eigenvalue weighted by Gasteiger charge is -1.98. The molecule has 0 aromatic heterocycles. The van der Waals surface area contributed by atoms with Gasteiger partial charge in [-0.2, -0.15) is 0 Å². The third kappa shape index (κ3) is 6.34. The molecule has 0 atom stereocenters. The molecule has 0 aromatic rings. The molecule has 0 radical (unpaired) electrons. The van der Waals surface area contributed by atoms with Crippen LogP contribution in [0.1, 0.15) is 27.7 Å². The first-order chi connectivity index (χ1) is 9.27. The van der Waals surface area contributed by atoms with Gasteiger partial charge in [-0.25, -0.2) is 0 Å². The predicted molar refractivity (Wildman–Crippen MR) is 73.0 cm³/mol. The Morgan fingerprint density at radius 3 is 1.00 bits per heavy atom. The minimum Gasteiger partial charge on any atom is -0.298 e. The van der Waals surface area contributed by atoms with Gasteiger partial charge in [0.15, 0.2) is 23.1 Å². The summed E-state index contributed by atoms with van der Waals surface area (Å²) in [6, 6.07) is 0. The molecule has 0 amide bonds. The lowest BCUT2D eigenvalue weighted by Crippen LogP contribution is -2.17. The Morgan fingerprint density at radius 1 is 0.550 bits per heavy atom. The maximum absolute atomic E-state index is 11.1. The SMILES string of the molecule is CC(=O)C(C#CC#CC#CC(C(C)=O)C(C)=O)C(C)=O. The predicted octanol–water partition coefficient (Wildman–Crippen LogP) is 0.585. The molecule has 4 nitrogen and oxygen atoms in total. The number of ketones is 4. The molecular formula is C16H14O4. The Labute approximate surface area is 118 Å². The van der Waals surface area contributed by atoms with E-state index in [4.69, 9.17) is 0 Å². The molecule has 0 N–H and O–H groups in total. The van der Waals surface area contributed by atoms with Crippen LogP contribution >= 0.6 is 0 Å². The zero-order valence-electron chi connectivity index (χ0n) is 11.8. The second-order valence-corrected chi connectivity index (χ2v) is 4.10. The minimum absolute atomic E-state index is 0.342. The Morgan fingerprint density at radius 2 is 0.800 bits per heavy atom. The van der Waals surface area contributed by atoms with E-state index in [0.717, 1.165) is 0 Å². The fraction of sp³-hybridized carbons (Fsp3) is 0.375. The summed E-state index contributed by atoms with van der Waals surface area (Å²) in [4.78, 5) is 44.3. The lowest BCUT2D eigenvalue weighted by atomic mass is 10.0. The van der Waals surface area contributed by atoms with Crippen LogP contribution in [0.3, 0.4) is 0 Å². The fourth-order valence-corrected chi connectivity index (χ4v) is 1.26. The van der Waals surface area contributed by atoms with Gasteiger partial charge in [-0.05, 0) is 51.4 Å². The van der Waals surface area contributed by atoms with Gasteiger partial charge in [0.25, 0.3) is 0 Å². The van der Waals surface area contributed by atoms with E-state index in [1.807, 2.05) is 0 Å². The molecule has 0 spiro atoms. The average molecular weight is 270 g/mol. The third-order valence-corrected chi connectivity index (χ3v) is 2.25. The molecule has 20 heavy (non-hydrogen) atoms. The molecule has 0 heterocycles. The van der Waals surface area contributed by atoms with Gasteiger partial charge in [-0.15, -0.1) is 0 Å². The fourth-order valence-electron chi connectivity index (χ4n) is 1.26. The molecule has 102 valence electrons. The van der Waals surface area contributed by atoms with Crippen LogP contribution in [0, 0.1) is 47.4 Å². The second-order valence-electron chi connectivity index (χ2n) is 4.10. The van der Waals surface area contributed by atoms with Gasteiger partial charge in [-0.3, -0.25) is 19.2 Å². The summed E-state index contributed by atoms with van der Waals surface area (Å²) >= 11 is 0. The molecule has 0 bridgehead atoms. The van der Waals surface area contributed by atoms with E-state index in [-0.39, 0.29) is 23.1 Å². The molecule has 0 saturated heterocycles. The summed E-state index contributed by atoms with van der Waals surface area (Å²) in [6.07, 6.45) is 0. The van der Waals surface area contributed by atoms with Gasteiger partial charge >= 0.3 is 0 Å². The van der Waals surface area contributed by atoms with Crippen molar-refractivity contribution < 1.29 is 19.2 Å². The summed E-state index contributed by atoms with van der Waals surface area (Å²) in [6.45, 7) is 5.10. The quantitative estimate of drug-likeness (QED) is 0.553. The molecule has 0 fully saturated rings. The van der Waals surface area contributed by atoms with Crippen molar-refractivity contribution in [2.24, 2.45) is 11.8 Å². The third-order valence-electron chi connectivity index (χ3n) is 2.25. The molecule has 0 rings (SSSR count). The van der Waals surface area contributed by atoms with Crippen molar-refractivity contribution in [2.45, 2.75) is 27.7 Å². The Balaban J connectivity index is 4.90. The van der Waals surface area contributed by atoms with Crippen molar-refractivity contribution in [1.29, 1.82) is 0 Å². The molecule has 0 aliphatic heterocycles. The first-order valence-corrected chi connectivity index (χ1v) is 5.80. The van der Waals surface area contributed by atoms with E-state index in [1.165, 1.54) is 27.7 Å². The Hall–Kier alpha value is -2.64. The number of Topliss-reactive ketones (excluding diaryl/α,β-unsaturated/α-hetero) is 4. The van der Waals surface area contributed by atoms with Crippen molar-refractivity contribution in [3.63, 3.8) is 0 Å². The van der Waals surface area contributed by atoms with Crippen LogP contribution in [0.4, 0.5) is 0 Å². The molecule has 0 saturated carbocycles. The van der Waals surface area contributed by atoms with Gasteiger partial charge in [0.1, 0.15) is 11.8 Å². The lowest BCUT2D eigenvalue weighted by molar-refractivity contribution is -0.129. The smallest absolute Gasteiger partial charge is 0.152 e. The molecule has 0 aliphatic rings. The van der Waals surface area contributed by atoms with Gasteiger partial charge in [0.05, 0.1) is 0 Å². The van der Waals surface area contributed by atoms with Gasteiger partial charge in [0, 0.05) is 0 Å². The largest absolute Gasteiger partial charge is 0.298 e. The first kappa shape index (κ1) is 17.4. The summed E-state index contributed by atoms with van der Waals surface area (Å²) < 4.78 is 0. The van der Waals surface area contributed by atoms with Crippen molar-refractivity contribution in [3.8, 4) is 35.5 Å². The van der Waals surface area contributed by atoms with Crippen molar-refractivity contribution in [3.05, 3.63) is 0 Å². The van der Waals surface area contributed by atoms with Crippen LogP contribution in [-0.4, -0.2) is 23.1 Å². The summed E-state index contributed by atoms with van der Waals surface area (Å²) in [5.41, 5.74) is 0. The van der Waals surface area contributed by atoms with E-state index in [9.17, 15) is 19.2 Å². The molecule has 0 unspecified atom stereocenters. The number of hydrogen-bond acceptors (Lipinski definition) is 4. The zero-order chi connectivity index (χ0) is 15.7. The van der Waals surface area contributed by atoms with Crippen LogP contribution in [0.25, 0.3) is 0 Å². The van der Waals surface area contributed by atoms with Crippen molar-refractivity contribution in [2.75, 3.05) is 0 Å². The monoisotopic (exact) mass is 270 g/mol. The number of rotatable bonds is 4. The van der Waals surface area contributed by atoms with E-state index in [0.29, 0.717) is 0 Å². The maximum atomic E-state index is 11.1. The van der Waals surface area contributed by atoms with Crippen LogP contribution in [-0.2, 0) is 19.2 Å². The molecular weight excluding hydrogens is 256 g/mol. The number of carbonyl (C=O) groups excluding carboxylic acids is 4. The summed E-state index contributed by atoms with van der Waals surface area (Å²) in [5.74, 6) is 10.9. The highest BCUT2D eigenvalue weighted by atomic mass is 16.2. The molecule has 0 aromatic carbocycles. The van der Waals surface area contributed by atoms with Gasteiger partial charge < -0.3 is 0 Å². The Bertz CT molecular complexity index is 539. The molecule has 0 aliphatic carbocycles. The number of hydrogen-bond donors (Lipinski definition) is 0. The second kappa shape index (κ2) is 8.46. The highest BCUT2D eigenvalue weighted by molar-refractivity contribution is 6.03. The highest BCUT2D eigenvalue weighted by Gasteiger charge is 2.16. The van der Waals surface area contributed by atoms with Crippen molar-refractivity contribution >= 4 is 23.1 Å². The normalized spacial score (nSPS) is 8.50. The van der Waals surface area contributed by atoms with Gasteiger partial charge in [-0.1, -0.05) is 11.8 Å². The zero-order valence-corrected chi connectivity index (χ0v) is 11.8. The Kier molecular flexibility index (Phi) is 7.34. The standard InChI is InChI=1S/C16H14O4/c1-11(17)15(12(2)18)9-7-5-6-8-10-16(13(3)19)14(4)20/h15-16H,1-4H3. The summed E-state index contributed by atoms with van der Waals surface area (Å²) in [7, 11) is 0. The maximum Gasteiger partial charge on any atom is 0.152 e. The van der Waals surface area contributed by atoms with E-state index >= 15 is 0 Å². The minimum atomic E-state index is -0.973. The molecule has 4 heteroatoms. The van der Waals surface area contributed by atoms with Crippen LogP contribution < -0.4 is 0 Å². The highest BCUT2D eigenvalue weighted by Crippen LogP contribution is 1.98. The van der Waals surface area contributed by atoms with Crippen LogP contribution in [0.15, 0.2) is 0 Å². The first-order valence-electron chi connectivity index (χ1n) is 5.80.